The summed E-state index contributed by atoms with van der Waals surface area (Å²) in [6, 6.07) is 0. The van der Waals surface area contributed by atoms with Crippen LogP contribution in [0.25, 0.3) is 0 Å². The molecular weight excluding hydrogens is 292 g/mol. The van der Waals surface area contributed by atoms with E-state index in [1.807, 2.05) is 13.0 Å². The van der Waals surface area contributed by atoms with Crippen LogP contribution in [-0.4, -0.2) is 23.1 Å². The van der Waals surface area contributed by atoms with Gasteiger partial charge in [0.15, 0.2) is 0 Å². The minimum absolute atomic E-state index is 0.0918. The third-order valence-corrected chi connectivity index (χ3v) is 3.85. The quantitative estimate of drug-likeness (QED) is 0.239. The maximum Gasteiger partial charge on any atom is 0.307 e. The molecule has 0 heterocycles. The molecule has 0 amide bonds. The fourth-order valence-corrected chi connectivity index (χ4v) is 2.58. The minimum atomic E-state index is -0.913. The van der Waals surface area contributed by atoms with Crippen LogP contribution in [0.3, 0.4) is 0 Å². The molecule has 23 heavy (non-hydrogen) atoms. The number of carbonyl (C=O) groups excluding carboxylic acids is 1. The van der Waals surface area contributed by atoms with Crippen molar-refractivity contribution in [2.75, 3.05) is 0 Å². The van der Waals surface area contributed by atoms with E-state index in [4.69, 9.17) is 9.84 Å². The van der Waals surface area contributed by atoms with Crippen molar-refractivity contribution < 1.29 is 19.4 Å². The molecular formula is C19H34O4. The number of carboxylic acid groups (broad SMARTS) is 1. The van der Waals surface area contributed by atoms with E-state index in [0.29, 0.717) is 12.8 Å². The molecule has 0 saturated carbocycles. The summed E-state index contributed by atoms with van der Waals surface area (Å²) in [4.78, 5) is 22.4. The van der Waals surface area contributed by atoms with Gasteiger partial charge in [0.1, 0.15) is 6.10 Å². The average molecular weight is 326 g/mol. The van der Waals surface area contributed by atoms with Gasteiger partial charge in [0, 0.05) is 6.42 Å². The van der Waals surface area contributed by atoms with Crippen molar-refractivity contribution in [2.24, 2.45) is 0 Å². The number of hydrogen-bond donors (Lipinski definition) is 1. The Morgan fingerprint density at radius 3 is 2.13 bits per heavy atom. The van der Waals surface area contributed by atoms with E-state index in [1.165, 1.54) is 32.1 Å². The summed E-state index contributed by atoms with van der Waals surface area (Å²) in [7, 11) is 0. The van der Waals surface area contributed by atoms with E-state index < -0.39 is 12.1 Å². The normalized spacial score (nSPS) is 11.9. The van der Waals surface area contributed by atoms with Gasteiger partial charge in [-0.15, -0.1) is 6.58 Å². The van der Waals surface area contributed by atoms with Gasteiger partial charge in [-0.2, -0.15) is 0 Å². The molecule has 0 bridgehead atoms. The number of rotatable bonds is 16. The summed E-state index contributed by atoms with van der Waals surface area (Å²) in [5, 5.41) is 8.79. The van der Waals surface area contributed by atoms with Crippen molar-refractivity contribution in [3.63, 3.8) is 0 Å². The Morgan fingerprint density at radius 2 is 1.61 bits per heavy atom. The summed E-state index contributed by atoms with van der Waals surface area (Å²) >= 11 is 0. The van der Waals surface area contributed by atoms with Crippen LogP contribution >= 0.6 is 0 Å². The fraction of sp³-hybridized carbons (Fsp3) is 0.789. The molecule has 1 N–H and O–H groups in total. The summed E-state index contributed by atoms with van der Waals surface area (Å²) in [5.41, 5.74) is 0. The summed E-state index contributed by atoms with van der Waals surface area (Å²) in [6.07, 6.45) is 13.7. The molecule has 0 aliphatic carbocycles. The number of carboxylic acids is 1. The van der Waals surface area contributed by atoms with E-state index in [2.05, 4.69) is 6.58 Å². The van der Waals surface area contributed by atoms with E-state index in [1.54, 1.807) is 0 Å². The zero-order chi connectivity index (χ0) is 17.3. The van der Waals surface area contributed by atoms with Gasteiger partial charge in [0.2, 0.25) is 0 Å². The smallest absolute Gasteiger partial charge is 0.307 e. The Kier molecular flexibility index (Phi) is 14.7. The molecule has 0 radical (unpaired) electrons. The molecule has 0 aromatic heterocycles. The van der Waals surface area contributed by atoms with Crippen LogP contribution in [0.15, 0.2) is 12.7 Å². The Bertz CT molecular complexity index is 325. The topological polar surface area (TPSA) is 63.6 Å². The summed E-state index contributed by atoms with van der Waals surface area (Å²) < 4.78 is 5.26. The lowest BCUT2D eigenvalue weighted by Gasteiger charge is -2.15. The third-order valence-electron chi connectivity index (χ3n) is 3.85. The lowest BCUT2D eigenvalue weighted by Crippen LogP contribution is -2.21. The molecule has 1 unspecified atom stereocenters. The molecule has 0 aliphatic rings. The number of aliphatic carboxylic acids is 1. The SMILES string of the molecule is C=CCCCCCCCCCCC(=O)OC(CCC)CC(=O)O. The van der Waals surface area contributed by atoms with Crippen LogP contribution in [0.5, 0.6) is 0 Å². The number of carbonyl (C=O) groups is 2. The summed E-state index contributed by atoms with van der Waals surface area (Å²) in [5.74, 6) is -1.17. The predicted octanol–water partition coefficient (Wildman–Crippen LogP) is 5.26. The molecule has 4 nitrogen and oxygen atoms in total. The van der Waals surface area contributed by atoms with Gasteiger partial charge in [-0.25, -0.2) is 0 Å². The monoisotopic (exact) mass is 326 g/mol. The van der Waals surface area contributed by atoms with Crippen LogP contribution in [0, 0.1) is 0 Å². The zero-order valence-corrected chi connectivity index (χ0v) is 14.7. The first-order chi connectivity index (χ1) is 11.1. The van der Waals surface area contributed by atoms with Gasteiger partial charge >= 0.3 is 11.9 Å². The Balaban J connectivity index is 3.54. The second-order valence-corrected chi connectivity index (χ2v) is 6.15. The van der Waals surface area contributed by atoms with Crippen molar-refractivity contribution in [3.05, 3.63) is 12.7 Å². The van der Waals surface area contributed by atoms with Gasteiger partial charge in [-0.05, 0) is 25.7 Å². The molecule has 1 atom stereocenters. The number of unbranched alkanes of at least 4 members (excludes halogenated alkanes) is 8. The molecule has 0 aromatic rings. The number of ether oxygens (including phenoxy) is 1. The van der Waals surface area contributed by atoms with Gasteiger partial charge in [-0.1, -0.05) is 57.9 Å². The predicted molar refractivity (Wildman–Crippen MR) is 93.4 cm³/mol. The Morgan fingerprint density at radius 1 is 1.04 bits per heavy atom. The lowest BCUT2D eigenvalue weighted by molar-refractivity contribution is -0.153. The second kappa shape index (κ2) is 15.6. The van der Waals surface area contributed by atoms with Gasteiger partial charge in [0.25, 0.3) is 0 Å². The number of allylic oxidation sites excluding steroid dienone is 1. The second-order valence-electron chi connectivity index (χ2n) is 6.15. The highest BCUT2D eigenvalue weighted by Crippen LogP contribution is 2.13. The highest BCUT2D eigenvalue weighted by Gasteiger charge is 2.16. The average Bonchev–Trinajstić information content (AvgIpc) is 2.48. The zero-order valence-electron chi connectivity index (χ0n) is 14.7. The molecule has 134 valence electrons. The maximum absolute atomic E-state index is 11.7. The first-order valence-corrected chi connectivity index (χ1v) is 9.12. The van der Waals surface area contributed by atoms with Crippen LogP contribution in [0.1, 0.15) is 90.4 Å². The Hall–Kier alpha value is -1.32. The van der Waals surface area contributed by atoms with Crippen LogP contribution in [0.2, 0.25) is 0 Å². The van der Waals surface area contributed by atoms with Crippen molar-refractivity contribution in [3.8, 4) is 0 Å². The van der Waals surface area contributed by atoms with Crippen molar-refractivity contribution in [1.29, 1.82) is 0 Å². The first-order valence-electron chi connectivity index (χ1n) is 9.12. The van der Waals surface area contributed by atoms with E-state index in [0.717, 1.165) is 32.1 Å². The molecule has 0 aliphatic heterocycles. The third kappa shape index (κ3) is 15.4. The highest BCUT2D eigenvalue weighted by atomic mass is 16.5. The molecule has 0 rings (SSSR count). The first kappa shape index (κ1) is 21.7. The molecule has 0 spiro atoms. The number of esters is 1. The van der Waals surface area contributed by atoms with Crippen LogP contribution in [0.4, 0.5) is 0 Å². The van der Waals surface area contributed by atoms with Crippen LogP contribution < -0.4 is 0 Å². The van der Waals surface area contributed by atoms with E-state index in [-0.39, 0.29) is 12.4 Å². The Labute approximate surface area is 141 Å². The summed E-state index contributed by atoms with van der Waals surface area (Å²) in [6.45, 7) is 5.68. The van der Waals surface area contributed by atoms with Crippen molar-refractivity contribution in [1.82, 2.24) is 0 Å². The van der Waals surface area contributed by atoms with Gasteiger partial charge < -0.3 is 9.84 Å². The standard InChI is InChI=1S/C19H34O4/c1-3-5-6-7-8-9-10-11-12-13-15-19(22)23-17(14-4-2)16-18(20)21/h3,17H,1,4-16H2,2H3,(H,20,21). The van der Waals surface area contributed by atoms with Crippen molar-refractivity contribution in [2.45, 2.75) is 96.5 Å². The van der Waals surface area contributed by atoms with Gasteiger partial charge in [0.05, 0.1) is 6.42 Å². The van der Waals surface area contributed by atoms with Crippen LogP contribution in [-0.2, 0) is 14.3 Å². The molecule has 4 heteroatoms. The van der Waals surface area contributed by atoms with Crippen molar-refractivity contribution >= 4 is 11.9 Å². The number of hydrogen-bond acceptors (Lipinski definition) is 3. The fourth-order valence-electron chi connectivity index (χ4n) is 2.58. The maximum atomic E-state index is 11.7. The molecule has 0 aromatic carbocycles. The van der Waals surface area contributed by atoms with E-state index in [9.17, 15) is 9.59 Å². The molecule has 0 saturated heterocycles. The molecule has 0 fully saturated rings. The lowest BCUT2D eigenvalue weighted by atomic mass is 10.1. The minimum Gasteiger partial charge on any atom is -0.481 e. The van der Waals surface area contributed by atoms with Gasteiger partial charge in [-0.3, -0.25) is 9.59 Å². The highest BCUT2D eigenvalue weighted by molar-refractivity contribution is 5.71. The van der Waals surface area contributed by atoms with E-state index >= 15 is 0 Å². The largest absolute Gasteiger partial charge is 0.481 e.